The first-order chi connectivity index (χ1) is 6.47. The minimum atomic E-state index is -0.517. The maximum absolute atomic E-state index is 11.2. The lowest BCUT2D eigenvalue weighted by Gasteiger charge is -2.19. The molecule has 1 N–H and O–H groups in total. The van der Waals surface area contributed by atoms with Crippen molar-refractivity contribution in [3.05, 3.63) is 18.6 Å². The normalized spacial score (nSPS) is 10.8. The van der Waals surface area contributed by atoms with Gasteiger partial charge in [0.05, 0.1) is 0 Å². The van der Waals surface area contributed by atoms with Gasteiger partial charge in [-0.1, -0.05) is 0 Å². The van der Waals surface area contributed by atoms with Crippen LogP contribution in [0.5, 0.6) is 0 Å². The Morgan fingerprint density at radius 1 is 1.50 bits per heavy atom. The zero-order chi connectivity index (χ0) is 10.6. The molecular weight excluding hydrogens is 182 g/mol. The average molecular weight is 195 g/mol. The fraction of sp³-hybridized carbons (Fsp3) is 0.444. The van der Waals surface area contributed by atoms with E-state index in [1.165, 1.54) is 6.33 Å². The molecule has 0 spiro atoms. The third-order valence-corrected chi connectivity index (χ3v) is 1.21. The van der Waals surface area contributed by atoms with Crippen molar-refractivity contribution in [2.45, 2.75) is 26.4 Å². The first-order valence-electron chi connectivity index (χ1n) is 4.23. The van der Waals surface area contributed by atoms with E-state index in [4.69, 9.17) is 4.74 Å². The van der Waals surface area contributed by atoms with E-state index in [1.807, 2.05) is 0 Å². The third kappa shape index (κ3) is 3.84. The van der Waals surface area contributed by atoms with E-state index in [9.17, 15) is 4.79 Å². The second-order valence-electron chi connectivity index (χ2n) is 3.72. The van der Waals surface area contributed by atoms with Crippen LogP contribution in [-0.2, 0) is 4.74 Å². The number of hydrogen-bond donors (Lipinski definition) is 1. The SMILES string of the molecule is CC(C)(C)OC(=O)Nc1ccncn1. The van der Waals surface area contributed by atoms with Crippen molar-refractivity contribution in [2.24, 2.45) is 0 Å². The number of ether oxygens (including phenoxy) is 1. The van der Waals surface area contributed by atoms with Gasteiger partial charge in [-0.25, -0.2) is 14.8 Å². The van der Waals surface area contributed by atoms with Crippen LogP contribution in [0.2, 0.25) is 0 Å². The summed E-state index contributed by atoms with van der Waals surface area (Å²) in [6, 6.07) is 1.59. The summed E-state index contributed by atoms with van der Waals surface area (Å²) in [5.74, 6) is 0.425. The molecule has 5 nitrogen and oxygen atoms in total. The Bertz CT molecular complexity index is 306. The number of rotatable bonds is 1. The summed E-state index contributed by atoms with van der Waals surface area (Å²) in [4.78, 5) is 18.8. The Labute approximate surface area is 82.5 Å². The van der Waals surface area contributed by atoms with Crippen LogP contribution in [0, 0.1) is 0 Å². The van der Waals surface area contributed by atoms with Crippen LogP contribution in [-0.4, -0.2) is 21.7 Å². The number of anilines is 1. The Hall–Kier alpha value is -1.65. The third-order valence-electron chi connectivity index (χ3n) is 1.21. The second-order valence-corrected chi connectivity index (χ2v) is 3.72. The van der Waals surface area contributed by atoms with Crippen molar-refractivity contribution in [2.75, 3.05) is 5.32 Å². The summed E-state index contributed by atoms with van der Waals surface area (Å²) in [5.41, 5.74) is -0.503. The van der Waals surface area contributed by atoms with E-state index in [0.717, 1.165) is 0 Å². The fourth-order valence-corrected chi connectivity index (χ4v) is 0.773. The predicted octanol–water partition coefficient (Wildman–Crippen LogP) is 1.82. The molecule has 0 bridgehead atoms. The van der Waals surface area contributed by atoms with Crippen molar-refractivity contribution in [1.82, 2.24) is 9.97 Å². The number of nitrogens with one attached hydrogen (secondary N) is 1. The first-order valence-corrected chi connectivity index (χ1v) is 4.23. The van der Waals surface area contributed by atoms with Crippen LogP contribution >= 0.6 is 0 Å². The zero-order valence-electron chi connectivity index (χ0n) is 8.44. The van der Waals surface area contributed by atoms with Crippen LogP contribution in [0.1, 0.15) is 20.8 Å². The number of aromatic nitrogens is 2. The summed E-state index contributed by atoms with van der Waals surface area (Å²) in [6.45, 7) is 5.39. The van der Waals surface area contributed by atoms with E-state index >= 15 is 0 Å². The molecule has 1 aromatic rings. The molecule has 0 atom stereocenters. The lowest BCUT2D eigenvalue weighted by molar-refractivity contribution is 0.0635. The molecule has 0 saturated heterocycles. The number of carbonyl (C=O) groups excluding carboxylic acids is 1. The molecule has 76 valence electrons. The minimum absolute atomic E-state index is 0.425. The van der Waals surface area contributed by atoms with E-state index in [1.54, 1.807) is 33.0 Å². The lowest BCUT2D eigenvalue weighted by Crippen LogP contribution is -2.27. The molecule has 14 heavy (non-hydrogen) atoms. The van der Waals surface area contributed by atoms with E-state index in [0.29, 0.717) is 5.82 Å². The van der Waals surface area contributed by atoms with Crippen molar-refractivity contribution >= 4 is 11.9 Å². The standard InChI is InChI=1S/C9H13N3O2/c1-9(2,3)14-8(13)12-7-4-5-10-6-11-7/h4-6H,1-3H3,(H,10,11,12,13). The highest BCUT2D eigenvalue weighted by molar-refractivity contribution is 5.83. The number of hydrogen-bond acceptors (Lipinski definition) is 4. The molecular formula is C9H13N3O2. The van der Waals surface area contributed by atoms with Gasteiger partial charge in [0.15, 0.2) is 0 Å². The van der Waals surface area contributed by atoms with E-state index < -0.39 is 11.7 Å². The molecule has 0 aliphatic rings. The van der Waals surface area contributed by atoms with Crippen molar-refractivity contribution < 1.29 is 9.53 Å². The van der Waals surface area contributed by atoms with Gasteiger partial charge in [0.1, 0.15) is 17.7 Å². The molecule has 5 heteroatoms. The van der Waals surface area contributed by atoms with Gasteiger partial charge in [0.25, 0.3) is 0 Å². The van der Waals surface area contributed by atoms with E-state index in [-0.39, 0.29) is 0 Å². The maximum Gasteiger partial charge on any atom is 0.413 e. The van der Waals surface area contributed by atoms with Gasteiger partial charge in [-0.15, -0.1) is 0 Å². The van der Waals surface area contributed by atoms with Crippen molar-refractivity contribution in [3.8, 4) is 0 Å². The Balaban J connectivity index is 2.50. The van der Waals surface area contributed by atoms with Crippen molar-refractivity contribution in [3.63, 3.8) is 0 Å². The smallest absolute Gasteiger partial charge is 0.413 e. The molecule has 0 fully saturated rings. The van der Waals surface area contributed by atoms with Gasteiger partial charge < -0.3 is 4.74 Å². The quantitative estimate of drug-likeness (QED) is 0.742. The molecule has 1 aromatic heterocycles. The van der Waals surface area contributed by atoms with Crippen LogP contribution in [0.15, 0.2) is 18.6 Å². The fourth-order valence-electron chi connectivity index (χ4n) is 0.773. The summed E-state index contributed by atoms with van der Waals surface area (Å²) in [6.07, 6.45) is 2.38. The topological polar surface area (TPSA) is 64.1 Å². The molecule has 0 unspecified atom stereocenters. The minimum Gasteiger partial charge on any atom is -0.444 e. The number of nitrogens with zero attached hydrogens (tertiary/aromatic N) is 2. The zero-order valence-corrected chi connectivity index (χ0v) is 8.44. The van der Waals surface area contributed by atoms with Crippen LogP contribution in [0.25, 0.3) is 0 Å². The van der Waals surface area contributed by atoms with Gasteiger partial charge in [-0.05, 0) is 26.8 Å². The van der Waals surface area contributed by atoms with Gasteiger partial charge in [-0.2, -0.15) is 0 Å². The van der Waals surface area contributed by atoms with E-state index in [2.05, 4.69) is 15.3 Å². The Morgan fingerprint density at radius 3 is 2.71 bits per heavy atom. The molecule has 0 aliphatic heterocycles. The largest absolute Gasteiger partial charge is 0.444 e. The molecule has 0 saturated carbocycles. The van der Waals surface area contributed by atoms with Gasteiger partial charge in [0, 0.05) is 6.20 Å². The molecule has 1 heterocycles. The summed E-state index contributed by atoms with van der Waals surface area (Å²) >= 11 is 0. The summed E-state index contributed by atoms with van der Waals surface area (Å²) in [5, 5.41) is 2.49. The van der Waals surface area contributed by atoms with Crippen LogP contribution in [0.4, 0.5) is 10.6 Å². The molecule has 0 aliphatic carbocycles. The highest BCUT2D eigenvalue weighted by Gasteiger charge is 2.16. The van der Waals surface area contributed by atoms with Crippen LogP contribution in [0.3, 0.4) is 0 Å². The lowest BCUT2D eigenvalue weighted by atomic mass is 10.2. The Kier molecular flexibility index (Phi) is 3.01. The summed E-state index contributed by atoms with van der Waals surface area (Å²) < 4.78 is 5.03. The number of amides is 1. The Morgan fingerprint density at radius 2 is 2.21 bits per heavy atom. The molecule has 0 aromatic carbocycles. The highest BCUT2D eigenvalue weighted by atomic mass is 16.6. The van der Waals surface area contributed by atoms with Gasteiger partial charge >= 0.3 is 6.09 Å². The second kappa shape index (κ2) is 4.04. The first kappa shape index (κ1) is 10.4. The maximum atomic E-state index is 11.2. The summed E-state index contributed by atoms with van der Waals surface area (Å²) in [7, 11) is 0. The van der Waals surface area contributed by atoms with Crippen LogP contribution < -0.4 is 5.32 Å². The highest BCUT2D eigenvalue weighted by Crippen LogP contribution is 2.08. The molecule has 1 amide bonds. The predicted molar refractivity (Wildman–Crippen MR) is 51.9 cm³/mol. The average Bonchev–Trinajstić information content (AvgIpc) is 2.02. The number of carbonyl (C=O) groups is 1. The van der Waals surface area contributed by atoms with Gasteiger partial charge in [0.2, 0.25) is 0 Å². The van der Waals surface area contributed by atoms with Crippen molar-refractivity contribution in [1.29, 1.82) is 0 Å². The van der Waals surface area contributed by atoms with Gasteiger partial charge in [-0.3, -0.25) is 5.32 Å². The monoisotopic (exact) mass is 195 g/mol. The molecule has 1 rings (SSSR count). The molecule has 0 radical (unpaired) electrons.